The first-order chi connectivity index (χ1) is 13.6. The summed E-state index contributed by atoms with van der Waals surface area (Å²) in [5.41, 5.74) is 1.91. The third kappa shape index (κ3) is 4.17. The summed E-state index contributed by atoms with van der Waals surface area (Å²) in [6.45, 7) is 8.20. The zero-order chi connectivity index (χ0) is 19.5. The van der Waals surface area contributed by atoms with Crippen molar-refractivity contribution < 1.29 is 13.7 Å². The zero-order valence-corrected chi connectivity index (χ0v) is 17.1. The van der Waals surface area contributed by atoms with Crippen LogP contribution in [-0.4, -0.2) is 53.1 Å². The Labute approximate surface area is 166 Å². The molecule has 0 aliphatic carbocycles. The Hall–Kier alpha value is -2.08. The molecule has 0 bridgehead atoms. The SMILES string of the molecule is Cc1noc(C)c1Cc1ccc(C(=O)N2CCCCC2CCN2CCCC2)o1. The van der Waals surface area contributed by atoms with E-state index >= 15 is 0 Å². The number of aryl methyl sites for hydroxylation is 2. The van der Waals surface area contributed by atoms with E-state index < -0.39 is 0 Å². The smallest absolute Gasteiger partial charge is 0.289 e. The summed E-state index contributed by atoms with van der Waals surface area (Å²) >= 11 is 0. The number of likely N-dealkylation sites (tertiary alicyclic amines) is 2. The topological polar surface area (TPSA) is 62.7 Å². The number of amides is 1. The molecule has 152 valence electrons. The van der Waals surface area contributed by atoms with Crippen LogP contribution in [0, 0.1) is 13.8 Å². The van der Waals surface area contributed by atoms with E-state index in [0.29, 0.717) is 18.2 Å². The van der Waals surface area contributed by atoms with Crippen molar-refractivity contribution in [3.63, 3.8) is 0 Å². The minimum Gasteiger partial charge on any atom is -0.456 e. The lowest BCUT2D eigenvalue weighted by molar-refractivity contribution is 0.0554. The molecule has 2 fully saturated rings. The first kappa shape index (κ1) is 19.2. The minimum atomic E-state index is 0.0381. The number of furan rings is 1. The normalized spacial score (nSPS) is 20.8. The second-order valence-electron chi connectivity index (χ2n) is 8.23. The van der Waals surface area contributed by atoms with E-state index in [1.165, 1.54) is 32.4 Å². The van der Waals surface area contributed by atoms with Gasteiger partial charge in [0.05, 0.1) is 5.69 Å². The number of aromatic nitrogens is 1. The summed E-state index contributed by atoms with van der Waals surface area (Å²) in [5.74, 6) is 2.08. The maximum absolute atomic E-state index is 13.1. The van der Waals surface area contributed by atoms with E-state index in [0.717, 1.165) is 55.1 Å². The van der Waals surface area contributed by atoms with Gasteiger partial charge in [-0.3, -0.25) is 4.79 Å². The van der Waals surface area contributed by atoms with E-state index in [4.69, 9.17) is 8.94 Å². The number of hydrogen-bond acceptors (Lipinski definition) is 5. The average Bonchev–Trinajstić information content (AvgIpc) is 3.45. The van der Waals surface area contributed by atoms with Gasteiger partial charge < -0.3 is 18.7 Å². The Morgan fingerprint density at radius 3 is 2.68 bits per heavy atom. The Balaban J connectivity index is 1.41. The van der Waals surface area contributed by atoms with Gasteiger partial charge in [-0.15, -0.1) is 0 Å². The molecule has 1 amide bonds. The molecule has 0 N–H and O–H groups in total. The predicted molar refractivity (Wildman–Crippen MR) is 106 cm³/mol. The molecule has 28 heavy (non-hydrogen) atoms. The first-order valence-electron chi connectivity index (χ1n) is 10.7. The van der Waals surface area contributed by atoms with Gasteiger partial charge in [-0.05, 0) is 77.6 Å². The summed E-state index contributed by atoms with van der Waals surface area (Å²) in [6, 6.07) is 4.06. The van der Waals surface area contributed by atoms with Gasteiger partial charge in [-0.1, -0.05) is 5.16 Å². The van der Waals surface area contributed by atoms with Gasteiger partial charge in [0.1, 0.15) is 11.5 Å². The number of hydrogen-bond donors (Lipinski definition) is 0. The summed E-state index contributed by atoms with van der Waals surface area (Å²) in [5, 5.41) is 3.99. The lowest BCUT2D eigenvalue weighted by atomic mass is 9.98. The van der Waals surface area contributed by atoms with Gasteiger partial charge in [0.15, 0.2) is 5.76 Å². The molecule has 1 unspecified atom stereocenters. The van der Waals surface area contributed by atoms with Gasteiger partial charge in [0.25, 0.3) is 5.91 Å². The molecule has 2 saturated heterocycles. The largest absolute Gasteiger partial charge is 0.456 e. The Morgan fingerprint density at radius 1 is 1.14 bits per heavy atom. The third-order valence-electron chi connectivity index (χ3n) is 6.27. The average molecular weight is 386 g/mol. The molecule has 0 saturated carbocycles. The molecule has 4 heterocycles. The second-order valence-corrected chi connectivity index (χ2v) is 8.23. The van der Waals surface area contributed by atoms with Crippen LogP contribution < -0.4 is 0 Å². The van der Waals surface area contributed by atoms with Gasteiger partial charge in [-0.25, -0.2) is 0 Å². The van der Waals surface area contributed by atoms with Crippen LogP contribution in [0.4, 0.5) is 0 Å². The lowest BCUT2D eigenvalue weighted by Gasteiger charge is -2.36. The van der Waals surface area contributed by atoms with Gasteiger partial charge in [0, 0.05) is 31.1 Å². The van der Waals surface area contributed by atoms with E-state index in [9.17, 15) is 4.79 Å². The van der Waals surface area contributed by atoms with Gasteiger partial charge >= 0.3 is 0 Å². The van der Waals surface area contributed by atoms with Crippen LogP contribution in [-0.2, 0) is 6.42 Å². The van der Waals surface area contributed by atoms with Crippen LogP contribution in [0.2, 0.25) is 0 Å². The highest BCUT2D eigenvalue weighted by atomic mass is 16.5. The standard InChI is InChI=1S/C22H31N3O3/c1-16-20(17(2)28-23-16)15-19-8-9-21(27-19)22(26)25-13-4-3-7-18(25)10-14-24-11-5-6-12-24/h8-9,18H,3-7,10-15H2,1-2H3. The third-order valence-corrected chi connectivity index (χ3v) is 6.27. The Bertz CT molecular complexity index is 784. The van der Waals surface area contributed by atoms with Crippen LogP contribution in [0.1, 0.15) is 71.9 Å². The monoisotopic (exact) mass is 385 g/mol. The van der Waals surface area contributed by atoms with E-state index in [1.807, 2.05) is 26.0 Å². The maximum Gasteiger partial charge on any atom is 0.289 e. The highest BCUT2D eigenvalue weighted by molar-refractivity contribution is 5.91. The highest BCUT2D eigenvalue weighted by Crippen LogP contribution is 2.25. The van der Waals surface area contributed by atoms with Crippen molar-refractivity contribution in [3.8, 4) is 0 Å². The molecule has 4 rings (SSSR count). The molecule has 0 radical (unpaired) electrons. The van der Waals surface area contributed by atoms with Crippen molar-refractivity contribution in [1.82, 2.24) is 15.0 Å². The van der Waals surface area contributed by atoms with Gasteiger partial charge in [0.2, 0.25) is 0 Å². The van der Waals surface area contributed by atoms with E-state index in [2.05, 4.69) is 15.0 Å². The molecule has 0 aromatic carbocycles. The van der Waals surface area contributed by atoms with Crippen molar-refractivity contribution in [2.24, 2.45) is 0 Å². The molecular weight excluding hydrogens is 354 g/mol. The van der Waals surface area contributed by atoms with Crippen molar-refractivity contribution >= 4 is 5.91 Å². The van der Waals surface area contributed by atoms with Crippen molar-refractivity contribution in [1.29, 1.82) is 0 Å². The Kier molecular flexibility index (Phi) is 5.85. The number of carbonyl (C=O) groups excluding carboxylic acids is 1. The summed E-state index contributed by atoms with van der Waals surface area (Å²) in [6.07, 6.45) is 7.70. The first-order valence-corrected chi connectivity index (χ1v) is 10.7. The van der Waals surface area contributed by atoms with Crippen molar-refractivity contribution in [2.75, 3.05) is 26.2 Å². The molecule has 6 nitrogen and oxygen atoms in total. The zero-order valence-electron chi connectivity index (χ0n) is 17.1. The van der Waals surface area contributed by atoms with Crippen LogP contribution in [0.15, 0.2) is 21.1 Å². The van der Waals surface area contributed by atoms with E-state index in [1.54, 1.807) is 0 Å². The highest BCUT2D eigenvalue weighted by Gasteiger charge is 2.29. The van der Waals surface area contributed by atoms with Crippen LogP contribution >= 0.6 is 0 Å². The number of rotatable bonds is 6. The number of carbonyl (C=O) groups is 1. The Morgan fingerprint density at radius 2 is 1.93 bits per heavy atom. The fourth-order valence-corrected chi connectivity index (χ4v) is 4.56. The molecule has 1 atom stereocenters. The van der Waals surface area contributed by atoms with Crippen molar-refractivity contribution in [2.45, 2.75) is 64.8 Å². The second kappa shape index (κ2) is 8.52. The number of nitrogens with zero attached hydrogens (tertiary/aromatic N) is 3. The molecule has 0 spiro atoms. The molecule has 2 aromatic rings. The molecule has 2 aliphatic rings. The number of piperidine rings is 1. The fourth-order valence-electron chi connectivity index (χ4n) is 4.56. The van der Waals surface area contributed by atoms with E-state index in [-0.39, 0.29) is 5.91 Å². The molecule has 2 aromatic heterocycles. The summed E-state index contributed by atoms with van der Waals surface area (Å²) in [7, 11) is 0. The minimum absolute atomic E-state index is 0.0381. The predicted octanol–water partition coefficient (Wildman–Crippen LogP) is 3.96. The maximum atomic E-state index is 13.1. The van der Waals surface area contributed by atoms with Crippen LogP contribution in [0.25, 0.3) is 0 Å². The van der Waals surface area contributed by atoms with Crippen LogP contribution in [0.5, 0.6) is 0 Å². The summed E-state index contributed by atoms with van der Waals surface area (Å²) < 4.78 is 11.2. The molecular formula is C22H31N3O3. The molecule has 6 heteroatoms. The van der Waals surface area contributed by atoms with Crippen LogP contribution in [0.3, 0.4) is 0 Å². The molecule has 2 aliphatic heterocycles. The lowest BCUT2D eigenvalue weighted by Crippen LogP contribution is -2.45. The van der Waals surface area contributed by atoms with Crippen molar-refractivity contribution in [3.05, 3.63) is 40.7 Å². The van der Waals surface area contributed by atoms with Gasteiger partial charge in [-0.2, -0.15) is 0 Å². The quantitative estimate of drug-likeness (QED) is 0.753. The fraction of sp³-hybridized carbons (Fsp3) is 0.636. The summed E-state index contributed by atoms with van der Waals surface area (Å²) in [4.78, 5) is 17.7.